The molecule has 5 heteroatoms. The maximum absolute atomic E-state index is 4.22. The predicted molar refractivity (Wildman–Crippen MR) is 74.2 cm³/mol. The van der Waals surface area contributed by atoms with Gasteiger partial charge in [-0.05, 0) is 34.1 Å². The Labute approximate surface area is 113 Å². The van der Waals surface area contributed by atoms with Crippen LogP contribution in [-0.2, 0) is 6.42 Å². The van der Waals surface area contributed by atoms with Crippen LogP contribution in [0.3, 0.4) is 0 Å². The molecule has 0 saturated carbocycles. The highest BCUT2D eigenvalue weighted by Crippen LogP contribution is 2.22. The molecule has 0 aliphatic rings. The van der Waals surface area contributed by atoms with E-state index in [1.165, 1.54) is 10.4 Å². The van der Waals surface area contributed by atoms with Gasteiger partial charge in [-0.3, -0.25) is 9.97 Å². The van der Waals surface area contributed by atoms with Crippen LogP contribution in [0.1, 0.15) is 23.4 Å². The molecular formula is C12H14BrN3S. The molecule has 3 nitrogen and oxygen atoms in total. The van der Waals surface area contributed by atoms with E-state index in [0.717, 1.165) is 17.4 Å². The number of aromatic nitrogens is 2. The van der Waals surface area contributed by atoms with E-state index in [-0.39, 0.29) is 0 Å². The fourth-order valence-electron chi connectivity index (χ4n) is 1.72. The zero-order chi connectivity index (χ0) is 12.1. The Hall–Kier alpha value is -0.780. The summed E-state index contributed by atoms with van der Waals surface area (Å²) in [5, 5.41) is 3.48. The topological polar surface area (TPSA) is 37.8 Å². The molecule has 0 spiro atoms. The van der Waals surface area contributed by atoms with Crippen LogP contribution in [0.2, 0.25) is 0 Å². The van der Waals surface area contributed by atoms with E-state index in [4.69, 9.17) is 0 Å². The molecule has 0 fully saturated rings. The van der Waals surface area contributed by atoms with Crippen LogP contribution in [0.15, 0.2) is 34.6 Å². The van der Waals surface area contributed by atoms with E-state index in [1.54, 1.807) is 17.5 Å². The molecule has 1 atom stereocenters. The van der Waals surface area contributed by atoms with Gasteiger partial charge in [0.15, 0.2) is 0 Å². The molecule has 0 bridgehead atoms. The molecule has 17 heavy (non-hydrogen) atoms. The zero-order valence-corrected chi connectivity index (χ0v) is 12.0. The molecule has 0 aliphatic heterocycles. The van der Waals surface area contributed by atoms with Crippen molar-refractivity contribution in [3.05, 3.63) is 45.1 Å². The van der Waals surface area contributed by atoms with Crippen LogP contribution >= 0.6 is 27.3 Å². The Kier molecular flexibility index (Phi) is 4.65. The molecule has 0 radical (unpaired) electrons. The summed E-state index contributed by atoms with van der Waals surface area (Å²) in [5.74, 6) is 0. The number of halogens is 1. The number of nitrogens with one attached hydrogen (secondary N) is 1. The van der Waals surface area contributed by atoms with Crippen molar-refractivity contribution in [2.75, 3.05) is 6.54 Å². The minimum Gasteiger partial charge on any atom is -0.310 e. The van der Waals surface area contributed by atoms with Crippen molar-refractivity contribution in [1.82, 2.24) is 15.3 Å². The van der Waals surface area contributed by atoms with Crippen molar-refractivity contribution < 1.29 is 0 Å². The van der Waals surface area contributed by atoms with E-state index >= 15 is 0 Å². The first-order valence-electron chi connectivity index (χ1n) is 5.50. The lowest BCUT2D eigenvalue weighted by molar-refractivity contribution is 0.551. The summed E-state index contributed by atoms with van der Waals surface area (Å²) in [5.41, 5.74) is 3.08. The second-order valence-electron chi connectivity index (χ2n) is 3.72. The molecule has 0 amide bonds. The summed E-state index contributed by atoms with van der Waals surface area (Å²) >= 11 is 5.15. The third-order valence-electron chi connectivity index (χ3n) is 2.47. The van der Waals surface area contributed by atoms with Gasteiger partial charge >= 0.3 is 0 Å². The lowest BCUT2D eigenvalue weighted by Crippen LogP contribution is -2.22. The standard InChI is InChI=1S/C12H14BrN3S/c1-2-16-12(4-11-7-15-8-17-11)9-3-10(13)6-14-5-9/h3,5-8,12,16H,2,4H2,1H3. The zero-order valence-electron chi connectivity index (χ0n) is 9.56. The number of nitrogens with zero attached hydrogens (tertiary/aromatic N) is 2. The largest absolute Gasteiger partial charge is 0.310 e. The molecule has 90 valence electrons. The van der Waals surface area contributed by atoms with E-state index < -0.39 is 0 Å². The van der Waals surface area contributed by atoms with Gasteiger partial charge in [0.2, 0.25) is 0 Å². The third kappa shape index (κ3) is 3.59. The molecule has 0 aromatic carbocycles. The number of pyridine rings is 1. The van der Waals surface area contributed by atoms with E-state index in [1.807, 2.05) is 17.9 Å². The van der Waals surface area contributed by atoms with Gasteiger partial charge in [-0.1, -0.05) is 6.92 Å². The Morgan fingerprint density at radius 1 is 1.35 bits per heavy atom. The summed E-state index contributed by atoms with van der Waals surface area (Å²) in [6.07, 6.45) is 6.61. The fourth-order valence-corrected chi connectivity index (χ4v) is 2.74. The molecule has 0 aliphatic carbocycles. The third-order valence-corrected chi connectivity index (χ3v) is 3.70. The normalized spacial score (nSPS) is 12.6. The van der Waals surface area contributed by atoms with Crippen molar-refractivity contribution in [2.24, 2.45) is 0 Å². The molecule has 0 saturated heterocycles. The molecule has 2 rings (SSSR count). The minimum atomic E-state index is 0.297. The van der Waals surface area contributed by atoms with Crippen LogP contribution in [0.4, 0.5) is 0 Å². The fraction of sp³-hybridized carbons (Fsp3) is 0.333. The first kappa shape index (κ1) is 12.7. The van der Waals surface area contributed by atoms with Crippen LogP contribution in [0.5, 0.6) is 0 Å². The van der Waals surface area contributed by atoms with Crippen molar-refractivity contribution in [3.8, 4) is 0 Å². The lowest BCUT2D eigenvalue weighted by atomic mass is 10.1. The van der Waals surface area contributed by atoms with Crippen molar-refractivity contribution >= 4 is 27.3 Å². The Bertz CT molecular complexity index is 459. The maximum Gasteiger partial charge on any atom is 0.0794 e. The smallest absolute Gasteiger partial charge is 0.0794 e. The molecule has 2 aromatic heterocycles. The van der Waals surface area contributed by atoms with Gasteiger partial charge in [0, 0.05) is 40.4 Å². The van der Waals surface area contributed by atoms with Crippen LogP contribution in [0.25, 0.3) is 0 Å². The van der Waals surface area contributed by atoms with Gasteiger partial charge < -0.3 is 5.32 Å². The van der Waals surface area contributed by atoms with Crippen molar-refractivity contribution in [2.45, 2.75) is 19.4 Å². The SMILES string of the molecule is CCNC(Cc1cncs1)c1cncc(Br)c1. The highest BCUT2D eigenvalue weighted by atomic mass is 79.9. The maximum atomic E-state index is 4.22. The molecule has 2 aromatic rings. The van der Waals surface area contributed by atoms with Gasteiger partial charge in [-0.25, -0.2) is 0 Å². The average molecular weight is 312 g/mol. The average Bonchev–Trinajstić information content (AvgIpc) is 2.81. The molecular weight excluding hydrogens is 298 g/mol. The first-order chi connectivity index (χ1) is 8.29. The number of likely N-dealkylation sites (N-methyl/N-ethyl adjacent to an activating group) is 1. The van der Waals surface area contributed by atoms with Gasteiger partial charge in [0.1, 0.15) is 0 Å². The Balaban J connectivity index is 2.16. The monoisotopic (exact) mass is 311 g/mol. The summed E-state index contributed by atoms with van der Waals surface area (Å²) in [4.78, 5) is 9.62. The van der Waals surface area contributed by atoms with Gasteiger partial charge in [-0.2, -0.15) is 0 Å². The van der Waals surface area contributed by atoms with Gasteiger partial charge in [0.05, 0.1) is 5.51 Å². The molecule has 2 heterocycles. The first-order valence-corrected chi connectivity index (χ1v) is 7.18. The summed E-state index contributed by atoms with van der Waals surface area (Å²) in [6, 6.07) is 2.41. The molecule has 1 unspecified atom stereocenters. The van der Waals surface area contributed by atoms with Crippen LogP contribution < -0.4 is 5.32 Å². The lowest BCUT2D eigenvalue weighted by Gasteiger charge is -2.17. The quantitative estimate of drug-likeness (QED) is 0.921. The number of hydrogen-bond donors (Lipinski definition) is 1. The molecule has 1 N–H and O–H groups in total. The van der Waals surface area contributed by atoms with E-state index in [9.17, 15) is 0 Å². The number of rotatable bonds is 5. The Morgan fingerprint density at radius 2 is 2.24 bits per heavy atom. The van der Waals surface area contributed by atoms with E-state index in [0.29, 0.717) is 6.04 Å². The van der Waals surface area contributed by atoms with Gasteiger partial charge in [-0.15, -0.1) is 11.3 Å². The van der Waals surface area contributed by atoms with Gasteiger partial charge in [0.25, 0.3) is 0 Å². The van der Waals surface area contributed by atoms with Crippen molar-refractivity contribution in [3.63, 3.8) is 0 Å². The van der Waals surface area contributed by atoms with Crippen molar-refractivity contribution in [1.29, 1.82) is 0 Å². The van der Waals surface area contributed by atoms with Crippen LogP contribution in [0, 0.1) is 0 Å². The Morgan fingerprint density at radius 3 is 2.88 bits per heavy atom. The summed E-state index contributed by atoms with van der Waals surface area (Å²) in [7, 11) is 0. The second kappa shape index (κ2) is 6.23. The van der Waals surface area contributed by atoms with E-state index in [2.05, 4.69) is 44.2 Å². The highest BCUT2D eigenvalue weighted by molar-refractivity contribution is 9.10. The predicted octanol–water partition coefficient (Wildman–Crippen LogP) is 3.19. The summed E-state index contributed by atoms with van der Waals surface area (Å²) in [6.45, 7) is 3.06. The summed E-state index contributed by atoms with van der Waals surface area (Å²) < 4.78 is 1.02. The van der Waals surface area contributed by atoms with Crippen LogP contribution in [-0.4, -0.2) is 16.5 Å². The number of thiazole rings is 1. The second-order valence-corrected chi connectivity index (χ2v) is 5.61. The minimum absolute atomic E-state index is 0.297. The number of hydrogen-bond acceptors (Lipinski definition) is 4. The highest BCUT2D eigenvalue weighted by Gasteiger charge is 2.12.